The summed E-state index contributed by atoms with van der Waals surface area (Å²) in [6.07, 6.45) is 2.15. The Morgan fingerprint density at radius 3 is 2.67 bits per heavy atom. The molecule has 1 aliphatic heterocycles. The van der Waals surface area contributed by atoms with Gasteiger partial charge in [0.1, 0.15) is 0 Å². The van der Waals surface area contributed by atoms with Crippen molar-refractivity contribution < 1.29 is 14.3 Å². The second kappa shape index (κ2) is 8.80. The fraction of sp³-hybridized carbons (Fsp3) is 0.588. The van der Waals surface area contributed by atoms with Crippen LogP contribution in [0.15, 0.2) is 30.3 Å². The summed E-state index contributed by atoms with van der Waals surface area (Å²) in [6.45, 7) is 6.04. The first-order valence-corrected chi connectivity index (χ1v) is 7.77. The lowest BCUT2D eigenvalue weighted by Gasteiger charge is -2.29. The summed E-state index contributed by atoms with van der Waals surface area (Å²) >= 11 is 0. The first-order valence-electron chi connectivity index (χ1n) is 7.77. The molecular weight excluding hydrogens is 266 g/mol. The molecule has 0 saturated carbocycles. The Labute approximate surface area is 127 Å². The minimum Gasteiger partial charge on any atom is -0.465 e. The van der Waals surface area contributed by atoms with E-state index in [9.17, 15) is 4.79 Å². The summed E-state index contributed by atoms with van der Waals surface area (Å²) in [5, 5.41) is 0. The smallest absolute Gasteiger partial charge is 0.320 e. The van der Waals surface area contributed by atoms with Crippen molar-refractivity contribution in [1.29, 1.82) is 0 Å². The van der Waals surface area contributed by atoms with E-state index in [0.717, 1.165) is 39.1 Å². The van der Waals surface area contributed by atoms with Gasteiger partial charge in [-0.2, -0.15) is 0 Å². The Kier molecular flexibility index (Phi) is 6.70. The highest BCUT2D eigenvalue weighted by Gasteiger charge is 2.20. The molecule has 1 fully saturated rings. The molecule has 116 valence electrons. The van der Waals surface area contributed by atoms with Crippen molar-refractivity contribution in [3.8, 4) is 0 Å². The highest BCUT2D eigenvalue weighted by Crippen LogP contribution is 2.17. The summed E-state index contributed by atoms with van der Waals surface area (Å²) in [7, 11) is 0. The lowest BCUT2D eigenvalue weighted by molar-refractivity contribution is -0.144. The van der Waals surface area contributed by atoms with Crippen LogP contribution in [0, 0.1) is 5.92 Å². The molecule has 0 atom stereocenters. The molecule has 0 aliphatic carbocycles. The number of ether oxygens (including phenoxy) is 2. The number of carbonyl (C=O) groups is 1. The number of rotatable bonds is 7. The monoisotopic (exact) mass is 291 g/mol. The summed E-state index contributed by atoms with van der Waals surface area (Å²) in [5.74, 6) is 0.470. The van der Waals surface area contributed by atoms with Crippen LogP contribution in [0.3, 0.4) is 0 Å². The van der Waals surface area contributed by atoms with Crippen molar-refractivity contribution in [2.24, 2.45) is 5.92 Å². The molecule has 0 spiro atoms. The molecule has 1 aromatic rings. The first kappa shape index (κ1) is 16.0. The van der Waals surface area contributed by atoms with Gasteiger partial charge in [-0.1, -0.05) is 30.3 Å². The Bertz CT molecular complexity index is 415. The largest absolute Gasteiger partial charge is 0.465 e. The van der Waals surface area contributed by atoms with Crippen LogP contribution in [0.4, 0.5) is 0 Å². The van der Waals surface area contributed by atoms with Crippen LogP contribution in [0.2, 0.25) is 0 Å². The number of hydrogen-bond acceptors (Lipinski definition) is 4. The summed E-state index contributed by atoms with van der Waals surface area (Å²) in [4.78, 5) is 14.0. The number of esters is 1. The van der Waals surface area contributed by atoms with Crippen LogP contribution in [0.1, 0.15) is 25.3 Å². The number of benzene rings is 1. The van der Waals surface area contributed by atoms with Crippen LogP contribution < -0.4 is 0 Å². The summed E-state index contributed by atoms with van der Waals surface area (Å²) < 4.78 is 10.5. The van der Waals surface area contributed by atoms with Crippen molar-refractivity contribution in [2.45, 2.75) is 26.3 Å². The summed E-state index contributed by atoms with van der Waals surface area (Å²) in [6, 6.07) is 10.3. The van der Waals surface area contributed by atoms with Gasteiger partial charge in [0.05, 0.1) is 13.2 Å². The van der Waals surface area contributed by atoms with E-state index >= 15 is 0 Å². The second-order valence-electron chi connectivity index (χ2n) is 5.52. The van der Waals surface area contributed by atoms with E-state index in [1.54, 1.807) is 0 Å². The van der Waals surface area contributed by atoms with Crippen LogP contribution in [-0.4, -0.2) is 43.8 Å². The van der Waals surface area contributed by atoms with E-state index in [2.05, 4.69) is 17.0 Å². The van der Waals surface area contributed by atoms with Gasteiger partial charge in [0.25, 0.3) is 0 Å². The molecule has 0 aromatic heterocycles. The quantitative estimate of drug-likeness (QED) is 0.724. The molecule has 1 heterocycles. The van der Waals surface area contributed by atoms with Crippen molar-refractivity contribution in [3.05, 3.63) is 35.9 Å². The molecule has 4 nitrogen and oxygen atoms in total. The minimum absolute atomic E-state index is 0.138. The van der Waals surface area contributed by atoms with Crippen LogP contribution >= 0.6 is 0 Å². The van der Waals surface area contributed by atoms with Crippen molar-refractivity contribution in [3.63, 3.8) is 0 Å². The average molecular weight is 291 g/mol. The van der Waals surface area contributed by atoms with Gasteiger partial charge in [-0.3, -0.25) is 9.69 Å². The van der Waals surface area contributed by atoms with Gasteiger partial charge in [-0.15, -0.1) is 0 Å². The number of hydrogen-bond donors (Lipinski definition) is 0. The SMILES string of the molecule is CCOC(=O)CN(Cc1ccccc1)CC1CCOCC1. The van der Waals surface area contributed by atoms with E-state index in [4.69, 9.17) is 9.47 Å². The molecule has 1 saturated heterocycles. The number of carbonyl (C=O) groups excluding carboxylic acids is 1. The van der Waals surface area contributed by atoms with Crippen molar-refractivity contribution >= 4 is 5.97 Å². The maximum absolute atomic E-state index is 11.8. The van der Waals surface area contributed by atoms with Gasteiger partial charge in [0.15, 0.2) is 0 Å². The molecule has 1 aromatic carbocycles. The van der Waals surface area contributed by atoms with Crippen LogP contribution in [-0.2, 0) is 20.8 Å². The highest BCUT2D eigenvalue weighted by atomic mass is 16.5. The molecule has 0 amide bonds. The number of nitrogens with zero attached hydrogens (tertiary/aromatic N) is 1. The third kappa shape index (κ3) is 5.86. The van der Waals surface area contributed by atoms with Gasteiger partial charge < -0.3 is 9.47 Å². The maximum Gasteiger partial charge on any atom is 0.320 e. The predicted molar refractivity (Wildman–Crippen MR) is 81.9 cm³/mol. The molecule has 1 aliphatic rings. The highest BCUT2D eigenvalue weighted by molar-refractivity contribution is 5.71. The van der Waals surface area contributed by atoms with E-state index in [-0.39, 0.29) is 5.97 Å². The van der Waals surface area contributed by atoms with Crippen molar-refractivity contribution in [2.75, 3.05) is 32.9 Å². The summed E-state index contributed by atoms with van der Waals surface area (Å²) in [5.41, 5.74) is 1.23. The van der Waals surface area contributed by atoms with Gasteiger partial charge >= 0.3 is 5.97 Å². The average Bonchev–Trinajstić information content (AvgIpc) is 2.49. The third-order valence-electron chi connectivity index (χ3n) is 3.76. The Balaban J connectivity index is 1.93. The normalized spacial score (nSPS) is 16.1. The second-order valence-corrected chi connectivity index (χ2v) is 5.52. The molecule has 0 unspecified atom stereocenters. The Morgan fingerprint density at radius 2 is 2.00 bits per heavy atom. The van der Waals surface area contributed by atoms with Crippen LogP contribution in [0.25, 0.3) is 0 Å². The maximum atomic E-state index is 11.8. The van der Waals surface area contributed by atoms with Crippen LogP contribution in [0.5, 0.6) is 0 Å². The van der Waals surface area contributed by atoms with Crippen molar-refractivity contribution in [1.82, 2.24) is 4.90 Å². The minimum atomic E-state index is -0.138. The van der Waals surface area contributed by atoms with Gasteiger partial charge in [-0.25, -0.2) is 0 Å². The lowest BCUT2D eigenvalue weighted by Crippen LogP contribution is -2.36. The predicted octanol–water partition coefficient (Wildman–Crippen LogP) is 2.48. The lowest BCUT2D eigenvalue weighted by atomic mass is 9.99. The molecule has 2 rings (SSSR count). The van der Waals surface area contributed by atoms with E-state index in [0.29, 0.717) is 19.1 Å². The molecule has 4 heteroatoms. The van der Waals surface area contributed by atoms with E-state index in [1.165, 1.54) is 5.56 Å². The van der Waals surface area contributed by atoms with Gasteiger partial charge in [0, 0.05) is 26.3 Å². The first-order chi connectivity index (χ1) is 10.3. The third-order valence-corrected chi connectivity index (χ3v) is 3.76. The fourth-order valence-corrected chi connectivity index (χ4v) is 2.71. The fourth-order valence-electron chi connectivity index (χ4n) is 2.71. The van der Waals surface area contributed by atoms with E-state index < -0.39 is 0 Å². The molecule has 21 heavy (non-hydrogen) atoms. The molecule has 0 bridgehead atoms. The Hall–Kier alpha value is -1.39. The zero-order valence-electron chi connectivity index (χ0n) is 12.8. The molecular formula is C17H25NO3. The Morgan fingerprint density at radius 1 is 1.29 bits per heavy atom. The molecule has 0 radical (unpaired) electrons. The van der Waals surface area contributed by atoms with Gasteiger partial charge in [-0.05, 0) is 31.2 Å². The van der Waals surface area contributed by atoms with Gasteiger partial charge in [0.2, 0.25) is 0 Å². The van der Waals surface area contributed by atoms with E-state index in [1.807, 2.05) is 25.1 Å². The standard InChI is InChI=1S/C17H25NO3/c1-2-21-17(19)14-18(12-15-6-4-3-5-7-15)13-16-8-10-20-11-9-16/h3-7,16H,2,8-14H2,1H3. The zero-order valence-corrected chi connectivity index (χ0v) is 12.8. The molecule has 0 N–H and O–H groups in total. The topological polar surface area (TPSA) is 38.8 Å². The zero-order chi connectivity index (χ0) is 14.9.